The van der Waals surface area contributed by atoms with Gasteiger partial charge in [-0.05, 0) is 40.0 Å². The molecule has 3 N–H and O–H groups in total. The third-order valence-electron chi connectivity index (χ3n) is 2.92. The van der Waals surface area contributed by atoms with E-state index in [-0.39, 0.29) is 10.8 Å². The maximum Gasteiger partial charge on any atom is 0.161 e. The van der Waals surface area contributed by atoms with Crippen molar-refractivity contribution in [3.05, 3.63) is 63.9 Å². The molecule has 0 aliphatic carbocycles. The Hall–Kier alpha value is -1.46. The lowest BCUT2D eigenvalue weighted by Gasteiger charge is -2.11. The van der Waals surface area contributed by atoms with Crippen molar-refractivity contribution < 1.29 is 4.39 Å². The fraction of sp³-hybridized carbons (Fsp3) is 0.133. The van der Waals surface area contributed by atoms with Gasteiger partial charge >= 0.3 is 0 Å². The Morgan fingerprint density at radius 3 is 2.55 bits per heavy atom. The normalized spacial score (nSPS) is 10.3. The summed E-state index contributed by atoms with van der Waals surface area (Å²) in [6.45, 7) is 0.653. The number of nitrogens with two attached hydrogens (primary N) is 1. The van der Waals surface area contributed by atoms with Gasteiger partial charge < -0.3 is 11.1 Å². The zero-order chi connectivity index (χ0) is 14.5. The van der Waals surface area contributed by atoms with Crippen LogP contribution in [0, 0.1) is 5.82 Å². The first-order chi connectivity index (χ1) is 9.59. The second-order valence-electron chi connectivity index (χ2n) is 4.32. The third kappa shape index (κ3) is 3.55. The highest BCUT2D eigenvalue weighted by atomic mass is 79.9. The summed E-state index contributed by atoms with van der Waals surface area (Å²) in [6, 6.07) is 13.4. The highest BCUT2D eigenvalue weighted by molar-refractivity contribution is 9.10. The van der Waals surface area contributed by atoms with Crippen LogP contribution in [-0.4, -0.2) is 11.5 Å². The molecule has 0 atom stereocenters. The van der Waals surface area contributed by atoms with Crippen LogP contribution >= 0.6 is 28.1 Å². The number of anilines is 1. The summed E-state index contributed by atoms with van der Waals surface area (Å²) < 4.78 is 14.4. The molecule has 2 aromatic rings. The molecule has 0 aliphatic heterocycles. The summed E-state index contributed by atoms with van der Waals surface area (Å²) >= 11 is 8.05. The average molecular weight is 353 g/mol. The number of halogens is 2. The largest absolute Gasteiger partial charge is 0.389 e. The molecule has 0 bridgehead atoms. The minimum atomic E-state index is -0.372. The number of hydrogen-bond acceptors (Lipinski definition) is 2. The van der Waals surface area contributed by atoms with Crippen molar-refractivity contribution in [3.8, 4) is 0 Å². The lowest BCUT2D eigenvalue weighted by Crippen LogP contribution is -2.12. The average Bonchev–Trinajstić information content (AvgIpc) is 2.44. The lowest BCUT2D eigenvalue weighted by molar-refractivity contribution is 0.623. The maximum atomic E-state index is 14.1. The van der Waals surface area contributed by atoms with E-state index in [4.69, 9.17) is 18.0 Å². The number of nitrogens with one attached hydrogen (secondary N) is 1. The Bertz CT molecular complexity index is 617. The van der Waals surface area contributed by atoms with Gasteiger partial charge in [0.1, 0.15) is 4.99 Å². The van der Waals surface area contributed by atoms with E-state index in [9.17, 15) is 4.39 Å². The van der Waals surface area contributed by atoms with E-state index in [1.54, 1.807) is 12.1 Å². The van der Waals surface area contributed by atoms with Crippen LogP contribution in [0.3, 0.4) is 0 Å². The molecule has 0 unspecified atom stereocenters. The van der Waals surface area contributed by atoms with E-state index in [0.717, 1.165) is 6.42 Å². The fourth-order valence-electron chi connectivity index (χ4n) is 1.86. The Labute approximate surface area is 131 Å². The van der Waals surface area contributed by atoms with E-state index in [1.165, 1.54) is 5.56 Å². The van der Waals surface area contributed by atoms with Crippen molar-refractivity contribution in [2.45, 2.75) is 6.42 Å². The lowest BCUT2D eigenvalue weighted by atomic mass is 10.1. The number of thiocarbonyl (C=S) groups is 1. The highest BCUT2D eigenvalue weighted by Crippen LogP contribution is 2.27. The van der Waals surface area contributed by atoms with Crippen molar-refractivity contribution in [2.24, 2.45) is 5.73 Å². The van der Waals surface area contributed by atoms with E-state index in [1.807, 2.05) is 30.3 Å². The second-order valence-corrected chi connectivity index (χ2v) is 5.55. The molecule has 0 aliphatic rings. The van der Waals surface area contributed by atoms with E-state index < -0.39 is 0 Å². The van der Waals surface area contributed by atoms with Crippen LogP contribution in [0.15, 0.2) is 46.9 Å². The first-order valence-corrected chi connectivity index (χ1v) is 7.35. The van der Waals surface area contributed by atoms with E-state index in [0.29, 0.717) is 22.3 Å². The van der Waals surface area contributed by atoms with E-state index >= 15 is 0 Å². The van der Waals surface area contributed by atoms with Crippen molar-refractivity contribution >= 4 is 38.8 Å². The number of rotatable bonds is 5. The molecule has 104 valence electrons. The molecule has 0 heterocycles. The minimum absolute atomic E-state index is 0.173. The molecule has 0 radical (unpaired) electrons. The molecule has 2 aromatic carbocycles. The maximum absolute atomic E-state index is 14.1. The minimum Gasteiger partial charge on any atom is -0.389 e. The van der Waals surface area contributed by atoms with Gasteiger partial charge in [0, 0.05) is 12.1 Å². The van der Waals surface area contributed by atoms with Crippen LogP contribution in [0.1, 0.15) is 11.1 Å². The van der Waals surface area contributed by atoms with Crippen molar-refractivity contribution in [1.82, 2.24) is 0 Å². The van der Waals surface area contributed by atoms with Gasteiger partial charge in [0.2, 0.25) is 0 Å². The standard InChI is InChI=1S/C15H14BrFN2S/c16-13-11(15(18)20)6-7-12(14(13)17)19-9-8-10-4-2-1-3-5-10/h1-7,19H,8-9H2,(H2,18,20). The molecule has 20 heavy (non-hydrogen) atoms. The van der Waals surface area contributed by atoms with Crippen molar-refractivity contribution in [2.75, 3.05) is 11.9 Å². The van der Waals surface area contributed by atoms with Gasteiger partial charge in [0.05, 0.1) is 10.2 Å². The molecule has 0 fully saturated rings. The fourth-order valence-corrected chi connectivity index (χ4v) is 2.72. The summed E-state index contributed by atoms with van der Waals surface area (Å²) in [7, 11) is 0. The summed E-state index contributed by atoms with van der Waals surface area (Å²) in [5.41, 5.74) is 7.68. The quantitative estimate of drug-likeness (QED) is 0.802. The first-order valence-electron chi connectivity index (χ1n) is 6.15. The second kappa shape index (κ2) is 6.81. The molecule has 0 saturated carbocycles. The van der Waals surface area contributed by atoms with Crippen LogP contribution in [0.4, 0.5) is 10.1 Å². The zero-order valence-electron chi connectivity index (χ0n) is 10.7. The predicted octanol–water partition coefficient (Wildman–Crippen LogP) is 3.88. The SMILES string of the molecule is NC(=S)c1ccc(NCCc2ccccc2)c(F)c1Br. The van der Waals surface area contributed by atoms with Gasteiger partial charge in [-0.2, -0.15) is 0 Å². The smallest absolute Gasteiger partial charge is 0.161 e. The molecule has 0 spiro atoms. The Balaban J connectivity index is 2.04. The Morgan fingerprint density at radius 2 is 1.90 bits per heavy atom. The summed E-state index contributed by atoms with van der Waals surface area (Å²) in [4.78, 5) is 0.173. The third-order valence-corrected chi connectivity index (χ3v) is 3.91. The van der Waals surface area contributed by atoms with Crippen molar-refractivity contribution in [1.29, 1.82) is 0 Å². The van der Waals surface area contributed by atoms with Crippen LogP contribution in [0.5, 0.6) is 0 Å². The predicted molar refractivity (Wildman–Crippen MR) is 88.6 cm³/mol. The highest BCUT2D eigenvalue weighted by Gasteiger charge is 2.12. The van der Waals surface area contributed by atoms with Crippen LogP contribution in [0.2, 0.25) is 0 Å². The number of hydrogen-bond donors (Lipinski definition) is 2. The van der Waals surface area contributed by atoms with Gasteiger partial charge in [0.15, 0.2) is 5.82 Å². The van der Waals surface area contributed by atoms with Gasteiger partial charge in [-0.15, -0.1) is 0 Å². The molecule has 0 saturated heterocycles. The topological polar surface area (TPSA) is 38.0 Å². The van der Waals surface area contributed by atoms with Crippen LogP contribution in [-0.2, 0) is 6.42 Å². The van der Waals surface area contributed by atoms with Gasteiger partial charge in [-0.3, -0.25) is 0 Å². The van der Waals surface area contributed by atoms with Gasteiger partial charge in [0.25, 0.3) is 0 Å². The first kappa shape index (κ1) is 14.9. The Kier molecular flexibility index (Phi) is 5.09. The summed E-state index contributed by atoms with van der Waals surface area (Å²) in [6.07, 6.45) is 0.828. The molecule has 2 rings (SSSR count). The number of benzene rings is 2. The summed E-state index contributed by atoms with van der Waals surface area (Å²) in [5, 5.41) is 3.08. The van der Waals surface area contributed by atoms with E-state index in [2.05, 4.69) is 21.2 Å². The molecule has 5 heteroatoms. The van der Waals surface area contributed by atoms with Crippen molar-refractivity contribution in [3.63, 3.8) is 0 Å². The zero-order valence-corrected chi connectivity index (χ0v) is 13.1. The molecule has 0 aromatic heterocycles. The molecular weight excluding hydrogens is 339 g/mol. The monoisotopic (exact) mass is 352 g/mol. The molecule has 2 nitrogen and oxygen atoms in total. The van der Waals surface area contributed by atoms with Crippen LogP contribution < -0.4 is 11.1 Å². The van der Waals surface area contributed by atoms with Gasteiger partial charge in [-0.25, -0.2) is 4.39 Å². The summed E-state index contributed by atoms with van der Waals surface area (Å²) in [5.74, 6) is -0.372. The molecule has 0 amide bonds. The molecular formula is C15H14BrFN2S. The Morgan fingerprint density at radius 1 is 1.20 bits per heavy atom. The van der Waals surface area contributed by atoms with Gasteiger partial charge in [-0.1, -0.05) is 42.5 Å². The van der Waals surface area contributed by atoms with Crippen LogP contribution in [0.25, 0.3) is 0 Å².